The second-order valence-electron chi connectivity index (χ2n) is 7.05. The van der Waals surface area contributed by atoms with Crippen molar-refractivity contribution in [1.82, 2.24) is 19.6 Å². The van der Waals surface area contributed by atoms with E-state index in [0.29, 0.717) is 37.3 Å². The fourth-order valence-corrected chi connectivity index (χ4v) is 3.50. The molecule has 3 rings (SSSR count). The highest BCUT2D eigenvalue weighted by Crippen LogP contribution is 2.30. The highest BCUT2D eigenvalue weighted by atomic mass is 19.1. The van der Waals surface area contributed by atoms with Gasteiger partial charge in [0.05, 0.1) is 0 Å². The first-order valence-electron chi connectivity index (χ1n) is 8.85. The first-order valence-corrected chi connectivity index (χ1v) is 8.85. The van der Waals surface area contributed by atoms with Crippen LogP contribution in [0.5, 0.6) is 0 Å². The van der Waals surface area contributed by atoms with E-state index in [4.69, 9.17) is 0 Å². The number of halogens is 1. The number of benzene rings is 1. The maximum atomic E-state index is 13.6. The molecule has 0 radical (unpaired) electrons. The van der Waals surface area contributed by atoms with E-state index in [9.17, 15) is 14.0 Å². The lowest BCUT2D eigenvalue weighted by molar-refractivity contribution is -0.135. The Balaban J connectivity index is 1.79. The van der Waals surface area contributed by atoms with E-state index in [0.717, 1.165) is 0 Å². The third kappa shape index (κ3) is 3.79. The zero-order valence-corrected chi connectivity index (χ0v) is 15.8. The minimum absolute atomic E-state index is 0.0839. The fourth-order valence-electron chi connectivity index (χ4n) is 3.50. The number of carbonyl (C=O) groups excluding carboxylic acids is 2. The molecule has 7 nitrogen and oxygen atoms in total. The van der Waals surface area contributed by atoms with Gasteiger partial charge >= 0.3 is 0 Å². The Kier molecular flexibility index (Phi) is 5.16. The molecule has 2 aromatic rings. The third-order valence-corrected chi connectivity index (χ3v) is 4.97. The van der Waals surface area contributed by atoms with Crippen LogP contribution in [-0.2, 0) is 11.8 Å². The molecular weight excluding hydrogens is 349 g/mol. The van der Waals surface area contributed by atoms with Crippen molar-refractivity contribution in [2.75, 3.05) is 32.5 Å². The predicted octanol–water partition coefficient (Wildman–Crippen LogP) is 1.73. The van der Waals surface area contributed by atoms with Gasteiger partial charge in [0, 0.05) is 46.1 Å². The summed E-state index contributed by atoms with van der Waals surface area (Å²) >= 11 is 0. The van der Waals surface area contributed by atoms with Crippen molar-refractivity contribution in [2.24, 2.45) is 7.05 Å². The zero-order valence-electron chi connectivity index (χ0n) is 15.8. The maximum absolute atomic E-state index is 13.6. The molecule has 2 amide bonds. The molecule has 144 valence electrons. The van der Waals surface area contributed by atoms with Gasteiger partial charge in [-0.15, -0.1) is 0 Å². The quantitative estimate of drug-likeness (QED) is 0.886. The van der Waals surface area contributed by atoms with Crippen LogP contribution in [0, 0.1) is 5.82 Å². The second-order valence-corrected chi connectivity index (χ2v) is 7.05. The minimum atomic E-state index is -0.874. The topological polar surface area (TPSA) is 70.5 Å². The molecule has 0 spiro atoms. The number of nitrogens with zero attached hydrogens (tertiary/aromatic N) is 4. The summed E-state index contributed by atoms with van der Waals surface area (Å²) in [5.41, 5.74) is 0.191. The summed E-state index contributed by atoms with van der Waals surface area (Å²) < 4.78 is 15.1. The van der Waals surface area contributed by atoms with Crippen LogP contribution in [0.1, 0.15) is 23.3 Å². The van der Waals surface area contributed by atoms with E-state index in [1.165, 1.54) is 17.0 Å². The highest BCUT2D eigenvalue weighted by molar-refractivity contribution is 5.93. The molecule has 27 heavy (non-hydrogen) atoms. The highest BCUT2D eigenvalue weighted by Gasteiger charge is 2.43. The van der Waals surface area contributed by atoms with Gasteiger partial charge in [0.2, 0.25) is 5.91 Å². The Labute approximate surface area is 157 Å². The van der Waals surface area contributed by atoms with E-state index < -0.39 is 5.54 Å². The number of likely N-dealkylation sites (tertiary alicyclic amines) is 1. The molecule has 8 heteroatoms. The smallest absolute Gasteiger partial charge is 0.272 e. The molecule has 1 aliphatic heterocycles. The van der Waals surface area contributed by atoms with Crippen molar-refractivity contribution in [3.63, 3.8) is 0 Å². The lowest BCUT2D eigenvalue weighted by atomic mass is 9.85. The number of rotatable bonds is 4. The lowest BCUT2D eigenvalue weighted by Crippen LogP contribution is -2.58. The van der Waals surface area contributed by atoms with Crippen molar-refractivity contribution in [3.05, 3.63) is 48.0 Å². The van der Waals surface area contributed by atoms with Gasteiger partial charge in [-0.1, -0.05) is 6.07 Å². The number of carbonyl (C=O) groups is 2. The van der Waals surface area contributed by atoms with Crippen LogP contribution in [0.2, 0.25) is 0 Å². The third-order valence-electron chi connectivity index (χ3n) is 4.97. The minimum Gasteiger partial charge on any atom is -0.371 e. The van der Waals surface area contributed by atoms with Crippen molar-refractivity contribution >= 4 is 17.5 Å². The number of aromatic nitrogens is 2. The van der Waals surface area contributed by atoms with E-state index in [1.807, 2.05) is 0 Å². The first kappa shape index (κ1) is 18.9. The summed E-state index contributed by atoms with van der Waals surface area (Å²) in [6.45, 7) is 0.845. The number of piperidine rings is 1. The molecule has 1 fully saturated rings. The van der Waals surface area contributed by atoms with Crippen LogP contribution < -0.4 is 5.32 Å². The number of likely N-dealkylation sites (N-methyl/N-ethyl adjacent to an activating group) is 1. The van der Waals surface area contributed by atoms with Crippen LogP contribution >= 0.6 is 0 Å². The van der Waals surface area contributed by atoms with Gasteiger partial charge in [-0.05, 0) is 37.1 Å². The average Bonchev–Trinajstić information content (AvgIpc) is 3.07. The van der Waals surface area contributed by atoms with Gasteiger partial charge in [0.15, 0.2) is 0 Å². The number of hydrogen-bond donors (Lipinski definition) is 1. The van der Waals surface area contributed by atoms with E-state index in [-0.39, 0.29) is 17.6 Å². The maximum Gasteiger partial charge on any atom is 0.272 e. The zero-order chi connectivity index (χ0) is 19.6. The van der Waals surface area contributed by atoms with Gasteiger partial charge in [0.1, 0.15) is 17.1 Å². The molecular formula is C19H24FN5O2. The van der Waals surface area contributed by atoms with Crippen LogP contribution in [0.15, 0.2) is 36.5 Å². The second kappa shape index (κ2) is 7.38. The Hall–Kier alpha value is -2.90. The molecule has 1 aromatic carbocycles. The molecule has 0 unspecified atom stereocenters. The SMILES string of the molecule is CN(C)C(=O)C1(Nc2cccc(F)c2)CCN(C(=O)c2ccnn2C)CC1. The average molecular weight is 373 g/mol. The van der Waals surface area contributed by atoms with Crippen molar-refractivity contribution in [2.45, 2.75) is 18.4 Å². The Morgan fingerprint density at radius 2 is 1.93 bits per heavy atom. The molecule has 1 saturated heterocycles. The van der Waals surface area contributed by atoms with Crippen LogP contribution in [-0.4, -0.2) is 64.1 Å². The molecule has 1 N–H and O–H groups in total. The Bertz CT molecular complexity index is 840. The van der Waals surface area contributed by atoms with Crippen molar-refractivity contribution < 1.29 is 14.0 Å². The summed E-state index contributed by atoms with van der Waals surface area (Å²) in [5, 5.41) is 7.27. The summed E-state index contributed by atoms with van der Waals surface area (Å²) in [6.07, 6.45) is 2.46. The standard InChI is InChI=1S/C19H24FN5O2/c1-23(2)18(27)19(22-15-6-4-5-14(20)13-15)8-11-25(12-9-19)17(26)16-7-10-21-24(16)3/h4-7,10,13,22H,8-9,11-12H2,1-3H3. The monoisotopic (exact) mass is 373 g/mol. The normalized spacial score (nSPS) is 16.1. The van der Waals surface area contributed by atoms with Gasteiger partial charge < -0.3 is 15.1 Å². The van der Waals surface area contributed by atoms with Crippen LogP contribution in [0.3, 0.4) is 0 Å². The number of nitrogens with one attached hydrogen (secondary N) is 1. The largest absolute Gasteiger partial charge is 0.371 e. The first-order chi connectivity index (χ1) is 12.8. The van der Waals surface area contributed by atoms with Crippen LogP contribution in [0.25, 0.3) is 0 Å². The van der Waals surface area contributed by atoms with Gasteiger partial charge in [-0.25, -0.2) is 4.39 Å². The predicted molar refractivity (Wildman–Crippen MR) is 99.8 cm³/mol. The van der Waals surface area contributed by atoms with Gasteiger partial charge in [-0.3, -0.25) is 14.3 Å². The fraction of sp³-hybridized carbons (Fsp3) is 0.421. The van der Waals surface area contributed by atoms with Gasteiger partial charge in [-0.2, -0.15) is 5.10 Å². The summed E-state index contributed by atoms with van der Waals surface area (Å²) in [4.78, 5) is 28.9. The lowest BCUT2D eigenvalue weighted by Gasteiger charge is -2.42. The van der Waals surface area contributed by atoms with Crippen molar-refractivity contribution in [3.8, 4) is 0 Å². The number of anilines is 1. The van der Waals surface area contributed by atoms with E-state index in [2.05, 4.69) is 10.4 Å². The van der Waals surface area contributed by atoms with Crippen LogP contribution in [0.4, 0.5) is 10.1 Å². The molecule has 1 aliphatic rings. The molecule has 1 aromatic heterocycles. The molecule has 0 aliphatic carbocycles. The Morgan fingerprint density at radius 1 is 1.22 bits per heavy atom. The van der Waals surface area contributed by atoms with E-state index >= 15 is 0 Å². The summed E-state index contributed by atoms with van der Waals surface area (Å²) in [6, 6.07) is 7.76. The Morgan fingerprint density at radius 3 is 2.48 bits per heavy atom. The summed E-state index contributed by atoms with van der Waals surface area (Å²) in [7, 11) is 5.12. The number of amides is 2. The van der Waals surface area contributed by atoms with E-state index in [1.54, 1.807) is 55.1 Å². The summed E-state index contributed by atoms with van der Waals surface area (Å²) in [5.74, 6) is -0.553. The molecule has 0 atom stereocenters. The number of hydrogen-bond acceptors (Lipinski definition) is 4. The number of aryl methyl sites for hydroxylation is 1. The molecule has 0 bridgehead atoms. The molecule has 0 saturated carbocycles. The van der Waals surface area contributed by atoms with Gasteiger partial charge in [0.25, 0.3) is 5.91 Å². The van der Waals surface area contributed by atoms with Crippen molar-refractivity contribution in [1.29, 1.82) is 0 Å². The molecule has 2 heterocycles.